The van der Waals surface area contributed by atoms with Crippen molar-refractivity contribution in [3.63, 3.8) is 0 Å². The molecule has 11 rings (SSSR count). The molecule has 1 aliphatic rings. The van der Waals surface area contributed by atoms with Gasteiger partial charge in [-0.15, -0.1) is 0 Å². The van der Waals surface area contributed by atoms with Crippen molar-refractivity contribution in [2.45, 2.75) is 19.3 Å². The molecule has 2 heteroatoms. The number of aromatic nitrogens is 2. The lowest BCUT2D eigenvalue weighted by Crippen LogP contribution is -2.15. The fraction of sp³-hybridized carbons (Fsp3) is 0.0600. The topological polar surface area (TPSA) is 17.8 Å². The normalized spacial score (nSPS) is 13.3. The van der Waals surface area contributed by atoms with Gasteiger partial charge in [0.2, 0.25) is 0 Å². The lowest BCUT2D eigenvalue weighted by atomic mass is 9.80. The van der Waals surface area contributed by atoms with Crippen LogP contribution in [0.5, 0.6) is 0 Å². The van der Waals surface area contributed by atoms with Crippen molar-refractivity contribution >= 4 is 54.3 Å². The third-order valence-electron chi connectivity index (χ3n) is 11.6. The maximum absolute atomic E-state index is 4.57. The van der Waals surface area contributed by atoms with E-state index in [0.717, 1.165) is 10.9 Å². The number of hydrogen-bond acceptors (Lipinski definition) is 1. The highest BCUT2D eigenvalue weighted by Gasteiger charge is 2.35. The van der Waals surface area contributed by atoms with Gasteiger partial charge in [-0.1, -0.05) is 117 Å². The van der Waals surface area contributed by atoms with E-state index in [4.69, 9.17) is 0 Å². The Balaban J connectivity index is 1.01. The molecule has 0 saturated carbocycles. The summed E-state index contributed by atoms with van der Waals surface area (Å²) in [6.07, 6.45) is 1.86. The van der Waals surface area contributed by atoms with E-state index in [2.05, 4.69) is 181 Å². The summed E-state index contributed by atoms with van der Waals surface area (Å²) < 4.78 is 2.41. The molecule has 0 bridgehead atoms. The third kappa shape index (κ3) is 4.21. The Bertz CT molecular complexity index is 3070. The smallest absolute Gasteiger partial charge is 0.0708 e. The number of hydrogen-bond donors (Lipinski definition) is 0. The van der Waals surface area contributed by atoms with Crippen LogP contribution < -0.4 is 0 Å². The van der Waals surface area contributed by atoms with Gasteiger partial charge >= 0.3 is 0 Å². The molecule has 0 saturated heterocycles. The van der Waals surface area contributed by atoms with E-state index >= 15 is 0 Å². The van der Waals surface area contributed by atoms with Gasteiger partial charge in [0.05, 0.1) is 16.6 Å². The molecule has 52 heavy (non-hydrogen) atoms. The molecule has 2 aromatic heterocycles. The fourth-order valence-corrected chi connectivity index (χ4v) is 8.90. The Morgan fingerprint density at radius 1 is 0.423 bits per heavy atom. The lowest BCUT2D eigenvalue weighted by molar-refractivity contribution is 0.663. The Hall–Kier alpha value is -6.51. The molecule has 0 spiro atoms. The predicted molar refractivity (Wildman–Crippen MR) is 220 cm³/mol. The first-order chi connectivity index (χ1) is 25.5. The van der Waals surface area contributed by atoms with Gasteiger partial charge in [0.1, 0.15) is 0 Å². The van der Waals surface area contributed by atoms with Gasteiger partial charge in [0.25, 0.3) is 0 Å². The molecular formula is C50H34N2. The summed E-state index contributed by atoms with van der Waals surface area (Å²) in [5.74, 6) is 0. The van der Waals surface area contributed by atoms with Crippen molar-refractivity contribution in [2.75, 3.05) is 0 Å². The Kier molecular flexibility index (Phi) is 6.04. The molecular weight excluding hydrogens is 629 g/mol. The zero-order valence-corrected chi connectivity index (χ0v) is 29.1. The van der Waals surface area contributed by atoms with Crippen LogP contribution in [0.3, 0.4) is 0 Å². The zero-order chi connectivity index (χ0) is 34.6. The maximum Gasteiger partial charge on any atom is 0.0708 e. The number of rotatable bonds is 4. The minimum Gasteiger partial charge on any atom is -0.309 e. The van der Waals surface area contributed by atoms with Crippen molar-refractivity contribution < 1.29 is 0 Å². The van der Waals surface area contributed by atoms with Crippen LogP contribution >= 0.6 is 0 Å². The van der Waals surface area contributed by atoms with Crippen LogP contribution in [0, 0.1) is 0 Å². The van der Waals surface area contributed by atoms with E-state index in [1.54, 1.807) is 0 Å². The number of benzene rings is 8. The molecule has 0 unspecified atom stereocenters. The van der Waals surface area contributed by atoms with Crippen molar-refractivity contribution in [1.29, 1.82) is 0 Å². The van der Waals surface area contributed by atoms with Gasteiger partial charge in [-0.3, -0.25) is 4.98 Å². The highest BCUT2D eigenvalue weighted by molar-refractivity contribution is 6.17. The van der Waals surface area contributed by atoms with Gasteiger partial charge in [-0.2, -0.15) is 0 Å². The summed E-state index contributed by atoms with van der Waals surface area (Å²) >= 11 is 0. The SMILES string of the molecule is CC1(C)c2cc(-c3ccc(-c4ccc5cccnc5c4)cc3)cc3ccc4cc(-c5ccc6c7ccccc7n(-c7ccccc7)c6c5)cc1c4c23. The second-order valence-corrected chi connectivity index (χ2v) is 14.8. The summed E-state index contributed by atoms with van der Waals surface area (Å²) in [6.45, 7) is 4.80. The zero-order valence-electron chi connectivity index (χ0n) is 29.1. The van der Waals surface area contributed by atoms with Crippen LogP contribution in [-0.2, 0) is 5.41 Å². The standard InChI is InChI=1S/C50H34N2/c1-50(2)43-27-38(32-16-14-31(15-17-32)34-19-18-33-9-8-24-51-45(33)29-34)25-36-20-21-37-26-39(28-44(50)49(37)48(36)43)35-22-23-42-41-12-6-7-13-46(41)52(47(42)30-35)40-10-4-3-5-11-40/h3-30H,1-2H3. The summed E-state index contributed by atoms with van der Waals surface area (Å²) in [7, 11) is 0. The van der Waals surface area contributed by atoms with Crippen molar-refractivity contribution in [2.24, 2.45) is 0 Å². The predicted octanol–water partition coefficient (Wildman–Crippen LogP) is 13.3. The summed E-state index contributed by atoms with van der Waals surface area (Å²) in [5, 5.41) is 9.11. The molecule has 0 aliphatic heterocycles. The van der Waals surface area contributed by atoms with Crippen molar-refractivity contribution in [3.05, 3.63) is 181 Å². The molecule has 0 atom stereocenters. The quantitative estimate of drug-likeness (QED) is 0.172. The second kappa shape index (κ2) is 10.7. The Morgan fingerprint density at radius 3 is 1.75 bits per heavy atom. The highest BCUT2D eigenvalue weighted by Crippen LogP contribution is 2.51. The number of fused-ring (bicyclic) bond motifs is 4. The average molecular weight is 663 g/mol. The molecule has 2 nitrogen and oxygen atoms in total. The molecule has 1 aliphatic carbocycles. The summed E-state index contributed by atoms with van der Waals surface area (Å²) in [6, 6.07) is 60.5. The van der Waals surface area contributed by atoms with E-state index in [0.29, 0.717) is 0 Å². The monoisotopic (exact) mass is 662 g/mol. The molecule has 0 fully saturated rings. The van der Waals surface area contributed by atoms with Crippen LogP contribution in [0.4, 0.5) is 0 Å². The van der Waals surface area contributed by atoms with Gasteiger partial charge in [0, 0.05) is 33.5 Å². The Morgan fingerprint density at radius 2 is 1.00 bits per heavy atom. The molecule has 8 aromatic carbocycles. The molecule has 2 heterocycles. The van der Waals surface area contributed by atoms with Crippen LogP contribution in [0.15, 0.2) is 170 Å². The largest absolute Gasteiger partial charge is 0.309 e. The van der Waals surface area contributed by atoms with Gasteiger partial charge < -0.3 is 4.57 Å². The highest BCUT2D eigenvalue weighted by atomic mass is 15.0. The first kappa shape index (κ1) is 29.2. The molecule has 0 radical (unpaired) electrons. The maximum atomic E-state index is 4.57. The lowest BCUT2D eigenvalue weighted by Gasteiger charge is -2.23. The van der Waals surface area contributed by atoms with Gasteiger partial charge in [-0.25, -0.2) is 0 Å². The number of pyridine rings is 1. The van der Waals surface area contributed by atoms with Gasteiger partial charge in [0.15, 0.2) is 0 Å². The Labute approximate surface area is 302 Å². The molecule has 244 valence electrons. The van der Waals surface area contributed by atoms with Crippen LogP contribution in [-0.4, -0.2) is 9.55 Å². The van der Waals surface area contributed by atoms with E-state index < -0.39 is 0 Å². The van der Waals surface area contributed by atoms with E-state index in [1.807, 2.05) is 12.3 Å². The molecule has 10 aromatic rings. The summed E-state index contributed by atoms with van der Waals surface area (Å²) in [5.41, 5.74) is 14.7. The van der Waals surface area contributed by atoms with E-state index in [9.17, 15) is 0 Å². The van der Waals surface area contributed by atoms with E-state index in [1.165, 1.54) is 93.5 Å². The first-order valence-electron chi connectivity index (χ1n) is 18.1. The van der Waals surface area contributed by atoms with Crippen LogP contribution in [0.1, 0.15) is 25.0 Å². The van der Waals surface area contributed by atoms with Gasteiger partial charge in [-0.05, 0) is 127 Å². The van der Waals surface area contributed by atoms with E-state index in [-0.39, 0.29) is 5.41 Å². The number of nitrogens with zero attached hydrogens (tertiary/aromatic N) is 2. The van der Waals surface area contributed by atoms with Crippen LogP contribution in [0.2, 0.25) is 0 Å². The van der Waals surface area contributed by atoms with Crippen LogP contribution in [0.25, 0.3) is 93.3 Å². The van der Waals surface area contributed by atoms with Crippen molar-refractivity contribution in [3.8, 4) is 39.1 Å². The second-order valence-electron chi connectivity index (χ2n) is 14.8. The molecule has 0 amide bonds. The van der Waals surface area contributed by atoms with Crippen molar-refractivity contribution in [1.82, 2.24) is 9.55 Å². The minimum absolute atomic E-state index is 0.146. The third-order valence-corrected chi connectivity index (χ3v) is 11.6. The minimum atomic E-state index is -0.146. The summed E-state index contributed by atoms with van der Waals surface area (Å²) in [4.78, 5) is 4.57. The number of para-hydroxylation sites is 2. The molecule has 0 N–H and O–H groups in total. The average Bonchev–Trinajstić information content (AvgIpc) is 3.65. The first-order valence-corrected chi connectivity index (χ1v) is 18.1. The fourth-order valence-electron chi connectivity index (χ4n) is 8.90.